The Balaban J connectivity index is 2.47. The van der Waals surface area contributed by atoms with Crippen LogP contribution in [-0.2, 0) is 9.53 Å². The third kappa shape index (κ3) is 4.63. The molecule has 1 aromatic rings. The zero-order chi connectivity index (χ0) is 14.3. The van der Waals surface area contributed by atoms with E-state index in [0.717, 1.165) is 12.1 Å². The Morgan fingerprint density at radius 2 is 2.00 bits per heavy atom. The summed E-state index contributed by atoms with van der Waals surface area (Å²) >= 11 is 0. The van der Waals surface area contributed by atoms with Gasteiger partial charge in [-0.3, -0.25) is 9.59 Å². The summed E-state index contributed by atoms with van der Waals surface area (Å²) in [6.07, 6.45) is 0. The van der Waals surface area contributed by atoms with Crippen molar-refractivity contribution in [3.8, 4) is 0 Å². The van der Waals surface area contributed by atoms with Gasteiger partial charge in [0, 0.05) is 13.7 Å². The molecule has 1 aromatic carbocycles. The van der Waals surface area contributed by atoms with Crippen LogP contribution in [0.3, 0.4) is 0 Å². The summed E-state index contributed by atoms with van der Waals surface area (Å²) in [5.74, 6) is -3.64. The smallest absolute Gasteiger partial charge is 0.254 e. The Bertz CT molecular complexity index is 466. The van der Waals surface area contributed by atoms with Crippen molar-refractivity contribution in [3.63, 3.8) is 0 Å². The number of rotatable bonds is 6. The van der Waals surface area contributed by atoms with E-state index < -0.39 is 29.0 Å². The van der Waals surface area contributed by atoms with Crippen molar-refractivity contribution in [1.29, 1.82) is 0 Å². The molecular formula is C12H14F2N2O3. The van der Waals surface area contributed by atoms with E-state index in [2.05, 4.69) is 10.6 Å². The minimum absolute atomic E-state index is 0.305. The highest BCUT2D eigenvalue weighted by Crippen LogP contribution is 2.10. The zero-order valence-corrected chi connectivity index (χ0v) is 10.3. The maximum atomic E-state index is 13.3. The lowest BCUT2D eigenvalue weighted by molar-refractivity contribution is -0.120. The molecule has 0 aliphatic rings. The van der Waals surface area contributed by atoms with E-state index in [9.17, 15) is 18.4 Å². The van der Waals surface area contributed by atoms with E-state index in [1.165, 1.54) is 13.2 Å². The van der Waals surface area contributed by atoms with Gasteiger partial charge in [-0.05, 0) is 12.1 Å². The summed E-state index contributed by atoms with van der Waals surface area (Å²) in [5.41, 5.74) is -0.440. The quantitative estimate of drug-likeness (QED) is 0.739. The molecule has 0 atom stereocenters. The molecule has 5 nitrogen and oxygen atoms in total. The first kappa shape index (κ1) is 15.0. The number of halogens is 2. The van der Waals surface area contributed by atoms with Crippen LogP contribution >= 0.6 is 0 Å². The summed E-state index contributed by atoms with van der Waals surface area (Å²) in [5, 5.41) is 4.67. The Morgan fingerprint density at radius 3 is 2.68 bits per heavy atom. The standard InChI is InChI=1S/C12H14F2N2O3/c1-19-6-5-15-10(17)7-16-12(18)8-3-2-4-9(13)11(8)14/h2-4H,5-7H2,1H3,(H,15,17)(H,16,18). The fraction of sp³-hybridized carbons (Fsp3) is 0.333. The van der Waals surface area contributed by atoms with Crippen molar-refractivity contribution in [2.45, 2.75) is 0 Å². The topological polar surface area (TPSA) is 67.4 Å². The lowest BCUT2D eigenvalue weighted by atomic mass is 10.2. The number of hydrogen-bond acceptors (Lipinski definition) is 3. The first-order chi connectivity index (χ1) is 9.06. The number of carbonyl (C=O) groups excluding carboxylic acids is 2. The van der Waals surface area contributed by atoms with Gasteiger partial charge in [0.15, 0.2) is 11.6 Å². The van der Waals surface area contributed by atoms with Gasteiger partial charge in [0.25, 0.3) is 5.91 Å². The summed E-state index contributed by atoms with van der Waals surface area (Å²) in [6, 6.07) is 3.26. The highest BCUT2D eigenvalue weighted by Gasteiger charge is 2.15. The average molecular weight is 272 g/mol. The fourth-order valence-corrected chi connectivity index (χ4v) is 1.29. The van der Waals surface area contributed by atoms with Gasteiger partial charge in [-0.25, -0.2) is 8.78 Å². The molecule has 0 aliphatic carbocycles. The summed E-state index contributed by atoms with van der Waals surface area (Å²) in [6.45, 7) is 0.330. The maximum absolute atomic E-state index is 13.3. The van der Waals surface area contributed by atoms with Crippen molar-refractivity contribution < 1.29 is 23.1 Å². The highest BCUT2D eigenvalue weighted by molar-refractivity contribution is 5.96. The normalized spacial score (nSPS) is 10.1. The second kappa shape index (κ2) is 7.42. The zero-order valence-electron chi connectivity index (χ0n) is 10.3. The van der Waals surface area contributed by atoms with Crippen molar-refractivity contribution in [2.24, 2.45) is 0 Å². The molecule has 0 spiro atoms. The van der Waals surface area contributed by atoms with Gasteiger partial charge in [0.05, 0.1) is 18.7 Å². The second-order valence-corrected chi connectivity index (χ2v) is 3.63. The van der Waals surface area contributed by atoms with Crippen LogP contribution in [0.5, 0.6) is 0 Å². The molecule has 0 radical (unpaired) electrons. The van der Waals surface area contributed by atoms with Gasteiger partial charge in [-0.2, -0.15) is 0 Å². The number of ether oxygens (including phenoxy) is 1. The monoisotopic (exact) mass is 272 g/mol. The first-order valence-corrected chi connectivity index (χ1v) is 5.54. The third-order valence-electron chi connectivity index (χ3n) is 2.23. The van der Waals surface area contributed by atoms with E-state index in [-0.39, 0.29) is 6.54 Å². The fourth-order valence-electron chi connectivity index (χ4n) is 1.29. The molecule has 0 aromatic heterocycles. The maximum Gasteiger partial charge on any atom is 0.254 e. The number of nitrogens with one attached hydrogen (secondary N) is 2. The lowest BCUT2D eigenvalue weighted by Crippen LogP contribution is -2.38. The molecule has 19 heavy (non-hydrogen) atoms. The molecule has 2 amide bonds. The number of carbonyl (C=O) groups is 2. The highest BCUT2D eigenvalue weighted by atomic mass is 19.2. The molecule has 7 heteroatoms. The third-order valence-corrected chi connectivity index (χ3v) is 2.23. The molecule has 0 aliphatic heterocycles. The molecule has 0 fully saturated rings. The predicted octanol–water partition coefficient (Wildman–Crippen LogP) is 0.457. The SMILES string of the molecule is COCCNC(=O)CNC(=O)c1cccc(F)c1F. The Hall–Kier alpha value is -2.02. The minimum atomic E-state index is -1.24. The number of amides is 2. The van der Waals surface area contributed by atoms with Crippen LogP contribution in [0.15, 0.2) is 18.2 Å². The Kier molecular flexibility index (Phi) is 5.87. The van der Waals surface area contributed by atoms with Crippen LogP contribution in [0, 0.1) is 11.6 Å². The van der Waals surface area contributed by atoms with Gasteiger partial charge in [-0.15, -0.1) is 0 Å². The van der Waals surface area contributed by atoms with Crippen molar-refractivity contribution in [2.75, 3.05) is 26.8 Å². The molecule has 2 N–H and O–H groups in total. The van der Waals surface area contributed by atoms with Gasteiger partial charge in [0.2, 0.25) is 5.91 Å². The van der Waals surface area contributed by atoms with E-state index >= 15 is 0 Å². The van der Waals surface area contributed by atoms with Gasteiger partial charge in [-0.1, -0.05) is 6.07 Å². The number of benzene rings is 1. The van der Waals surface area contributed by atoms with Crippen molar-refractivity contribution >= 4 is 11.8 Å². The van der Waals surface area contributed by atoms with E-state index in [4.69, 9.17) is 4.74 Å². The first-order valence-electron chi connectivity index (χ1n) is 5.54. The van der Waals surface area contributed by atoms with E-state index in [1.54, 1.807) is 0 Å². The number of hydrogen-bond donors (Lipinski definition) is 2. The molecule has 0 saturated heterocycles. The van der Waals surface area contributed by atoms with Crippen LogP contribution in [0.25, 0.3) is 0 Å². The number of methoxy groups -OCH3 is 1. The van der Waals surface area contributed by atoms with Crippen LogP contribution < -0.4 is 10.6 Å². The molecule has 0 saturated carbocycles. The van der Waals surface area contributed by atoms with Crippen molar-refractivity contribution in [3.05, 3.63) is 35.4 Å². The largest absolute Gasteiger partial charge is 0.383 e. The summed E-state index contributed by atoms with van der Waals surface area (Å²) < 4.78 is 30.9. The van der Waals surface area contributed by atoms with Gasteiger partial charge in [0.1, 0.15) is 0 Å². The van der Waals surface area contributed by atoms with Crippen LogP contribution in [0.1, 0.15) is 10.4 Å². The second-order valence-electron chi connectivity index (χ2n) is 3.63. The van der Waals surface area contributed by atoms with Crippen LogP contribution in [-0.4, -0.2) is 38.6 Å². The van der Waals surface area contributed by atoms with E-state index in [0.29, 0.717) is 13.2 Å². The molecule has 0 heterocycles. The Labute approximate surface area is 108 Å². The minimum Gasteiger partial charge on any atom is -0.383 e. The summed E-state index contributed by atoms with van der Waals surface area (Å²) in [4.78, 5) is 22.8. The summed E-state index contributed by atoms with van der Waals surface area (Å²) in [7, 11) is 1.49. The molecule has 104 valence electrons. The average Bonchev–Trinajstić information content (AvgIpc) is 2.39. The molecule has 0 bridgehead atoms. The van der Waals surface area contributed by atoms with Crippen molar-refractivity contribution in [1.82, 2.24) is 10.6 Å². The predicted molar refractivity (Wildman–Crippen MR) is 63.6 cm³/mol. The molecule has 1 rings (SSSR count). The van der Waals surface area contributed by atoms with E-state index in [1.807, 2.05) is 0 Å². The van der Waals surface area contributed by atoms with Crippen LogP contribution in [0.4, 0.5) is 8.78 Å². The van der Waals surface area contributed by atoms with Crippen LogP contribution in [0.2, 0.25) is 0 Å². The Morgan fingerprint density at radius 1 is 1.26 bits per heavy atom. The molecular weight excluding hydrogens is 258 g/mol. The van der Waals surface area contributed by atoms with Gasteiger partial charge < -0.3 is 15.4 Å². The van der Waals surface area contributed by atoms with Gasteiger partial charge >= 0.3 is 0 Å². The molecule has 0 unspecified atom stereocenters. The lowest BCUT2D eigenvalue weighted by Gasteiger charge is -2.07.